The number of aliphatic imine (C=N–C) groups is 1. The average molecular weight is 614 g/mol. The summed E-state index contributed by atoms with van der Waals surface area (Å²) in [6, 6.07) is 33.1. The van der Waals surface area contributed by atoms with Gasteiger partial charge in [0.1, 0.15) is 18.2 Å². The first-order chi connectivity index (χ1) is 27.1. The molecule has 0 fully saturated rings. The van der Waals surface area contributed by atoms with Gasteiger partial charge in [0.05, 0.1) is 23.4 Å². The molecule has 47 heavy (non-hydrogen) atoms. The molecule has 0 bridgehead atoms. The number of aromatic nitrogens is 1. The van der Waals surface area contributed by atoms with Crippen LogP contribution in [0.25, 0.3) is 49.4 Å². The van der Waals surface area contributed by atoms with E-state index in [0.29, 0.717) is 11.5 Å². The predicted molar refractivity (Wildman–Crippen MR) is 195 cm³/mol. The van der Waals surface area contributed by atoms with E-state index in [1.807, 2.05) is 91.0 Å². The Morgan fingerprint density at radius 3 is 2.00 bits per heavy atom. The highest BCUT2D eigenvalue weighted by Gasteiger charge is 2.26. The molecule has 7 aromatic carbocycles. The monoisotopic (exact) mass is 613 g/mol. The molecule has 4 heteroatoms. The van der Waals surface area contributed by atoms with Gasteiger partial charge in [0.2, 0.25) is 0 Å². The highest BCUT2D eigenvalue weighted by molar-refractivity contribution is 6.18. The van der Waals surface area contributed by atoms with E-state index >= 15 is 0 Å². The van der Waals surface area contributed by atoms with Crippen molar-refractivity contribution in [3.05, 3.63) is 186 Å². The standard InChI is InChI=1S/C43H32N4/c1-4-12-29(13-5-1)30-20-23-33(24-21-30)42-44-41(32-14-6-2-7-15-32)45-43(46-42)34-25-22-31-26-27-37-36-18-10-11-19-39(36)47(40(37)38(31)28-34)35-16-8-3-9-17-35/h1-28,42-43,46H,(H,44,45)/i10D,11D,18D,19D,22D,25D,26D,27D,28D. The third kappa shape index (κ3) is 4.87. The second-order valence-corrected chi connectivity index (χ2v) is 11.4. The molecular weight excluding hydrogens is 573 g/mol. The van der Waals surface area contributed by atoms with Crippen molar-refractivity contribution in [1.82, 2.24) is 15.2 Å². The Labute approximate surface area is 286 Å². The minimum absolute atomic E-state index is 0.0455. The largest absolute Gasteiger partial charge is 0.350 e. The molecular formula is C43H32N4. The molecule has 0 aliphatic carbocycles. The van der Waals surface area contributed by atoms with Crippen LogP contribution >= 0.6 is 0 Å². The van der Waals surface area contributed by atoms with Gasteiger partial charge in [0.15, 0.2) is 0 Å². The van der Waals surface area contributed by atoms with Gasteiger partial charge in [-0.15, -0.1) is 0 Å². The summed E-state index contributed by atoms with van der Waals surface area (Å²) in [5.41, 5.74) is 4.60. The molecule has 9 rings (SSSR count). The van der Waals surface area contributed by atoms with E-state index < -0.39 is 30.5 Å². The van der Waals surface area contributed by atoms with Gasteiger partial charge in [0, 0.05) is 27.4 Å². The van der Waals surface area contributed by atoms with E-state index in [0.717, 1.165) is 22.3 Å². The van der Waals surface area contributed by atoms with Crippen LogP contribution in [0.4, 0.5) is 0 Å². The first kappa shape index (κ1) is 19.5. The first-order valence-corrected chi connectivity index (χ1v) is 15.4. The van der Waals surface area contributed by atoms with Crippen molar-refractivity contribution in [1.29, 1.82) is 0 Å². The fourth-order valence-corrected chi connectivity index (χ4v) is 6.26. The summed E-state index contributed by atoms with van der Waals surface area (Å²) in [5, 5.41) is 6.98. The van der Waals surface area contributed by atoms with Crippen molar-refractivity contribution >= 4 is 38.4 Å². The smallest absolute Gasteiger partial charge is 0.131 e. The van der Waals surface area contributed by atoms with Crippen LogP contribution in [0, 0.1) is 0 Å². The van der Waals surface area contributed by atoms with Crippen LogP contribution in [-0.4, -0.2) is 10.4 Å². The van der Waals surface area contributed by atoms with Gasteiger partial charge in [-0.3, -0.25) is 5.32 Å². The molecule has 2 atom stereocenters. The fourth-order valence-electron chi connectivity index (χ4n) is 6.26. The van der Waals surface area contributed by atoms with Crippen molar-refractivity contribution in [2.45, 2.75) is 12.3 Å². The molecule has 2 N–H and O–H groups in total. The van der Waals surface area contributed by atoms with Crippen molar-refractivity contribution in [2.24, 2.45) is 4.99 Å². The van der Waals surface area contributed by atoms with Crippen LogP contribution in [-0.2, 0) is 0 Å². The highest BCUT2D eigenvalue weighted by atomic mass is 15.3. The topological polar surface area (TPSA) is 41.4 Å². The Hall–Kier alpha value is -5.97. The van der Waals surface area contributed by atoms with Gasteiger partial charge in [-0.25, -0.2) is 4.99 Å². The number of benzene rings is 7. The normalized spacial score (nSPS) is 19.0. The SMILES string of the molecule is [2H]c1c(C2NC(c3ccccc3)=NC(c3ccc(-c4ccccc4)cc3)N2)c([2H])c2c(c1[2H])c([2H])c([2H])c1c3c([2H])c([2H])c([2H])c([2H])c3n(-c3ccccc3)c21. The molecule has 2 unspecified atom stereocenters. The Kier molecular flexibility index (Phi) is 4.75. The first-order valence-electron chi connectivity index (χ1n) is 19.9. The molecule has 0 radical (unpaired) electrons. The lowest BCUT2D eigenvalue weighted by Crippen LogP contribution is -2.44. The summed E-state index contributed by atoms with van der Waals surface area (Å²) >= 11 is 0. The maximum atomic E-state index is 9.90. The minimum Gasteiger partial charge on any atom is -0.350 e. The van der Waals surface area contributed by atoms with E-state index in [9.17, 15) is 6.85 Å². The van der Waals surface area contributed by atoms with Crippen molar-refractivity contribution in [2.75, 3.05) is 0 Å². The fraction of sp³-hybridized carbons (Fsp3) is 0.0465. The van der Waals surface area contributed by atoms with Crippen molar-refractivity contribution in [3.63, 3.8) is 0 Å². The van der Waals surface area contributed by atoms with E-state index in [4.69, 9.17) is 10.5 Å². The summed E-state index contributed by atoms with van der Waals surface area (Å²) in [7, 11) is 0. The van der Waals surface area contributed by atoms with Crippen LogP contribution in [0.2, 0.25) is 0 Å². The molecule has 4 nitrogen and oxygen atoms in total. The van der Waals surface area contributed by atoms with Gasteiger partial charge in [-0.1, -0.05) is 145 Å². The van der Waals surface area contributed by atoms with E-state index in [1.165, 1.54) is 0 Å². The molecule has 0 spiro atoms. The zero-order valence-electron chi connectivity index (χ0n) is 34.0. The van der Waals surface area contributed by atoms with Gasteiger partial charge >= 0.3 is 0 Å². The van der Waals surface area contributed by atoms with E-state index in [1.54, 1.807) is 28.8 Å². The number of hydrogen-bond acceptors (Lipinski definition) is 3. The third-order valence-corrected chi connectivity index (χ3v) is 8.53. The van der Waals surface area contributed by atoms with E-state index in [-0.39, 0.29) is 74.4 Å². The molecule has 224 valence electrons. The Morgan fingerprint density at radius 2 is 1.23 bits per heavy atom. The molecule has 0 amide bonds. The second-order valence-electron chi connectivity index (χ2n) is 11.4. The number of nitrogens with one attached hydrogen (secondary N) is 2. The lowest BCUT2D eigenvalue weighted by Gasteiger charge is -2.32. The number of fused-ring (bicyclic) bond motifs is 5. The number of hydrogen-bond donors (Lipinski definition) is 2. The average Bonchev–Trinajstić information content (AvgIpc) is 3.60. The second kappa shape index (κ2) is 11.4. The quantitative estimate of drug-likeness (QED) is 0.203. The van der Waals surface area contributed by atoms with Crippen molar-refractivity contribution in [3.8, 4) is 16.8 Å². The van der Waals surface area contributed by atoms with Crippen LogP contribution in [0.15, 0.2) is 175 Å². The molecule has 8 aromatic rings. The maximum absolute atomic E-state index is 9.90. The zero-order chi connectivity index (χ0) is 39.0. The van der Waals surface area contributed by atoms with Crippen LogP contribution in [0.3, 0.4) is 0 Å². The van der Waals surface area contributed by atoms with Crippen LogP contribution in [0.5, 0.6) is 0 Å². The lowest BCUT2D eigenvalue weighted by atomic mass is 10.00. The van der Waals surface area contributed by atoms with Gasteiger partial charge in [0.25, 0.3) is 0 Å². The van der Waals surface area contributed by atoms with Gasteiger partial charge < -0.3 is 9.88 Å². The van der Waals surface area contributed by atoms with Gasteiger partial charge in [-0.2, -0.15) is 0 Å². The number of amidine groups is 1. The minimum atomic E-state index is -0.928. The molecule has 2 heterocycles. The summed E-state index contributed by atoms with van der Waals surface area (Å²) in [6.07, 6.45) is -1.56. The van der Waals surface area contributed by atoms with Gasteiger partial charge in [-0.05, 0) is 51.9 Å². The number of nitrogens with zero attached hydrogens (tertiary/aromatic N) is 2. The lowest BCUT2D eigenvalue weighted by molar-refractivity contribution is 0.409. The third-order valence-electron chi connectivity index (χ3n) is 8.53. The summed E-state index contributed by atoms with van der Waals surface area (Å²) in [6.45, 7) is 0. The molecule has 0 saturated heterocycles. The van der Waals surface area contributed by atoms with E-state index in [2.05, 4.69) is 10.6 Å². The zero-order valence-corrected chi connectivity index (χ0v) is 25.0. The molecule has 1 aromatic heterocycles. The summed E-state index contributed by atoms with van der Waals surface area (Å²) in [5.74, 6) is 0.506. The Bertz CT molecular complexity index is 2900. The summed E-state index contributed by atoms with van der Waals surface area (Å²) < 4.78 is 83.7. The summed E-state index contributed by atoms with van der Waals surface area (Å²) in [4.78, 5) is 5.03. The van der Waals surface area contributed by atoms with Crippen LogP contribution in [0.1, 0.15) is 41.4 Å². The molecule has 1 aliphatic heterocycles. The maximum Gasteiger partial charge on any atom is 0.131 e. The number of para-hydroxylation sites is 2. The van der Waals surface area contributed by atoms with Crippen LogP contribution < -0.4 is 10.6 Å². The highest BCUT2D eigenvalue weighted by Crippen LogP contribution is 2.38. The van der Waals surface area contributed by atoms with Crippen molar-refractivity contribution < 1.29 is 12.3 Å². The Balaban J connectivity index is 1.32. The Morgan fingerprint density at radius 1 is 0.574 bits per heavy atom. The predicted octanol–water partition coefficient (Wildman–Crippen LogP) is 9.94. The number of rotatable bonds is 5. The molecule has 0 saturated carbocycles. The molecule has 1 aliphatic rings.